The molecule has 0 bridgehead atoms. The number of amides is 2. The number of nitrogens with one attached hydrogen (secondary N) is 2. The zero-order valence-corrected chi connectivity index (χ0v) is 23.1. The molecule has 5 atom stereocenters. The third-order valence-electron chi connectivity index (χ3n) is 6.96. The normalized spacial score (nSPS) is 23.0. The van der Waals surface area contributed by atoms with Crippen LogP contribution in [0.5, 0.6) is 0 Å². The first-order valence-corrected chi connectivity index (χ1v) is 13.7. The quantitative estimate of drug-likeness (QED) is 0.249. The molecule has 43 heavy (non-hydrogen) atoms. The van der Waals surface area contributed by atoms with Crippen LogP contribution in [0, 0.1) is 0 Å². The highest BCUT2D eigenvalue weighted by Crippen LogP contribution is 2.41. The number of aromatic carboxylic acids is 1. The predicted molar refractivity (Wildman–Crippen MR) is 152 cm³/mol. The van der Waals surface area contributed by atoms with E-state index in [9.17, 15) is 14.7 Å². The highest BCUT2D eigenvalue weighted by atomic mass is 16.8. The van der Waals surface area contributed by atoms with Gasteiger partial charge in [0, 0.05) is 12.7 Å². The highest BCUT2D eigenvalue weighted by Gasteiger charge is 2.53. The summed E-state index contributed by atoms with van der Waals surface area (Å²) in [4.78, 5) is 40.9. The number of carbonyl (C=O) groups is 2. The minimum atomic E-state index is -1.08. The summed E-state index contributed by atoms with van der Waals surface area (Å²) < 4.78 is 26.6. The van der Waals surface area contributed by atoms with Crippen LogP contribution in [-0.2, 0) is 25.6 Å². The van der Waals surface area contributed by atoms with Crippen LogP contribution in [0.2, 0.25) is 0 Å². The van der Waals surface area contributed by atoms with E-state index in [0.717, 1.165) is 5.56 Å². The molecule has 2 aliphatic heterocycles. The fraction of sp³-hybridized carbons (Fsp3) is 0.310. The standard InChI is InChI=1S/C29H29N7O7/c1-2-30-29(39)35-25-22-26(33-15-32-25)36(16-34-22)27-24-23(42-21(43-24)11-10-17-7-4-3-5-8-17)20(41-27)14-40-13-19-18(28(37)38)9-6-12-31-19/h3-12,15-16,20-21,23-24,27H,2,13-14H2,1H3,(H,37,38)(H2,30,32,33,35,39)/b11-10+/t20?,21-,23?,24?,27?/m0/s1. The van der Waals surface area contributed by atoms with Crippen molar-refractivity contribution < 1.29 is 33.6 Å². The fourth-order valence-electron chi connectivity index (χ4n) is 5.02. The average molecular weight is 588 g/mol. The Morgan fingerprint density at radius 1 is 1.05 bits per heavy atom. The van der Waals surface area contributed by atoms with Crippen molar-refractivity contribution in [3.05, 3.63) is 84.2 Å². The summed E-state index contributed by atoms with van der Waals surface area (Å²) in [5.41, 5.74) is 2.17. The Bertz CT molecular complexity index is 1630. The Morgan fingerprint density at radius 3 is 2.70 bits per heavy atom. The molecule has 6 rings (SSSR count). The van der Waals surface area contributed by atoms with Gasteiger partial charge in [0.2, 0.25) is 0 Å². The molecule has 0 aliphatic carbocycles. The number of benzene rings is 1. The van der Waals surface area contributed by atoms with Gasteiger partial charge in [0.25, 0.3) is 0 Å². The molecule has 14 nitrogen and oxygen atoms in total. The van der Waals surface area contributed by atoms with E-state index < -0.39 is 42.8 Å². The van der Waals surface area contributed by atoms with Crippen molar-refractivity contribution in [3.8, 4) is 0 Å². The highest BCUT2D eigenvalue weighted by molar-refractivity contribution is 5.95. The summed E-state index contributed by atoms with van der Waals surface area (Å²) in [7, 11) is 0. The maximum absolute atomic E-state index is 12.1. The lowest BCUT2D eigenvalue weighted by molar-refractivity contribution is -0.139. The van der Waals surface area contributed by atoms with Crippen LogP contribution in [0.25, 0.3) is 17.2 Å². The van der Waals surface area contributed by atoms with E-state index in [4.69, 9.17) is 18.9 Å². The Kier molecular flexibility index (Phi) is 8.33. The van der Waals surface area contributed by atoms with E-state index in [1.54, 1.807) is 17.0 Å². The Hall–Kier alpha value is -4.76. The van der Waals surface area contributed by atoms with Crippen molar-refractivity contribution in [2.75, 3.05) is 18.5 Å². The van der Waals surface area contributed by atoms with Gasteiger partial charge in [0.05, 0.1) is 30.8 Å². The van der Waals surface area contributed by atoms with Gasteiger partial charge in [-0.2, -0.15) is 0 Å². The van der Waals surface area contributed by atoms with Gasteiger partial charge in [-0.15, -0.1) is 0 Å². The first-order chi connectivity index (χ1) is 21.0. The molecule has 0 saturated carbocycles. The topological polar surface area (TPSA) is 172 Å². The number of pyridine rings is 1. The van der Waals surface area contributed by atoms with E-state index in [0.29, 0.717) is 23.4 Å². The van der Waals surface area contributed by atoms with Crippen molar-refractivity contribution in [1.29, 1.82) is 0 Å². The molecular formula is C29H29N7O7. The van der Waals surface area contributed by atoms with E-state index >= 15 is 0 Å². The second-order valence-electron chi connectivity index (χ2n) is 9.75. The molecule has 3 N–H and O–H groups in total. The summed E-state index contributed by atoms with van der Waals surface area (Å²) in [6.07, 6.45) is 5.14. The van der Waals surface area contributed by atoms with Crippen LogP contribution >= 0.6 is 0 Å². The monoisotopic (exact) mass is 587 g/mol. The molecule has 2 amide bonds. The molecule has 4 unspecified atom stereocenters. The maximum Gasteiger partial charge on any atom is 0.337 e. The average Bonchev–Trinajstić information content (AvgIpc) is 3.72. The van der Waals surface area contributed by atoms with Gasteiger partial charge in [-0.1, -0.05) is 36.4 Å². The van der Waals surface area contributed by atoms with E-state index in [-0.39, 0.29) is 24.6 Å². The van der Waals surface area contributed by atoms with Crippen molar-refractivity contribution in [1.82, 2.24) is 29.8 Å². The van der Waals surface area contributed by atoms with Crippen LogP contribution in [0.1, 0.15) is 34.8 Å². The Morgan fingerprint density at radius 2 is 1.88 bits per heavy atom. The molecule has 3 aromatic heterocycles. The van der Waals surface area contributed by atoms with Crippen LogP contribution in [0.4, 0.5) is 10.6 Å². The number of urea groups is 1. The largest absolute Gasteiger partial charge is 0.478 e. The number of ether oxygens (including phenoxy) is 4. The second-order valence-corrected chi connectivity index (χ2v) is 9.75. The number of anilines is 1. The molecule has 5 heterocycles. The molecule has 2 saturated heterocycles. The number of carboxylic acid groups (broad SMARTS) is 1. The lowest BCUT2D eigenvalue weighted by Gasteiger charge is -2.20. The molecule has 4 aromatic rings. The third-order valence-corrected chi connectivity index (χ3v) is 6.96. The Labute approximate surface area is 245 Å². The number of hydrogen-bond donors (Lipinski definition) is 3. The van der Waals surface area contributed by atoms with Crippen LogP contribution < -0.4 is 10.6 Å². The zero-order chi connectivity index (χ0) is 29.8. The summed E-state index contributed by atoms with van der Waals surface area (Å²) in [5, 5.41) is 14.8. The molecular weight excluding hydrogens is 558 g/mol. The van der Waals surface area contributed by atoms with Crippen molar-refractivity contribution in [2.24, 2.45) is 0 Å². The number of imidazole rings is 1. The summed E-state index contributed by atoms with van der Waals surface area (Å²) in [6, 6.07) is 12.4. The number of rotatable bonds is 10. The molecule has 2 fully saturated rings. The first kappa shape index (κ1) is 28.4. The minimum absolute atomic E-state index is 0.0291. The zero-order valence-electron chi connectivity index (χ0n) is 23.1. The molecule has 222 valence electrons. The predicted octanol–water partition coefficient (Wildman–Crippen LogP) is 3.00. The number of hydrogen-bond acceptors (Lipinski definition) is 10. The van der Waals surface area contributed by atoms with Gasteiger partial charge >= 0.3 is 12.0 Å². The molecule has 2 aliphatic rings. The van der Waals surface area contributed by atoms with Crippen LogP contribution in [-0.4, -0.2) is 79.4 Å². The number of fused-ring (bicyclic) bond motifs is 2. The van der Waals surface area contributed by atoms with E-state index in [1.165, 1.54) is 18.6 Å². The van der Waals surface area contributed by atoms with Gasteiger partial charge in [-0.05, 0) is 30.7 Å². The second kappa shape index (κ2) is 12.6. The summed E-state index contributed by atoms with van der Waals surface area (Å²) >= 11 is 0. The van der Waals surface area contributed by atoms with Gasteiger partial charge in [0.15, 0.2) is 29.5 Å². The fourth-order valence-corrected chi connectivity index (χ4v) is 5.02. The molecule has 14 heteroatoms. The smallest absolute Gasteiger partial charge is 0.337 e. The van der Waals surface area contributed by atoms with Crippen LogP contribution in [0.15, 0.2) is 67.4 Å². The van der Waals surface area contributed by atoms with E-state index in [2.05, 4.69) is 30.6 Å². The molecule has 1 aromatic carbocycles. The number of nitrogens with zero attached hydrogens (tertiary/aromatic N) is 5. The van der Waals surface area contributed by atoms with Gasteiger partial charge in [-0.3, -0.25) is 14.9 Å². The number of carbonyl (C=O) groups excluding carboxylic acids is 1. The van der Waals surface area contributed by atoms with E-state index in [1.807, 2.05) is 49.4 Å². The summed E-state index contributed by atoms with van der Waals surface area (Å²) in [5.74, 6) is -0.833. The first-order valence-electron chi connectivity index (χ1n) is 13.7. The van der Waals surface area contributed by atoms with Crippen molar-refractivity contribution in [3.63, 3.8) is 0 Å². The molecule has 0 radical (unpaired) electrons. The lowest BCUT2D eigenvalue weighted by Crippen LogP contribution is -2.32. The SMILES string of the molecule is CCNC(=O)Nc1ncnc2c1ncn2C1OC(COCc2ncccc2C(=O)O)C2O[C@H](/C=C/c3ccccc3)OC21. The van der Waals surface area contributed by atoms with Gasteiger partial charge in [0.1, 0.15) is 24.6 Å². The van der Waals surface area contributed by atoms with Crippen molar-refractivity contribution >= 4 is 35.1 Å². The number of aromatic nitrogens is 5. The van der Waals surface area contributed by atoms with Crippen LogP contribution in [0.3, 0.4) is 0 Å². The third kappa shape index (κ3) is 6.08. The summed E-state index contributed by atoms with van der Waals surface area (Å²) in [6.45, 7) is 2.31. The minimum Gasteiger partial charge on any atom is -0.478 e. The van der Waals surface area contributed by atoms with Crippen molar-refractivity contribution in [2.45, 2.75) is 44.4 Å². The lowest BCUT2D eigenvalue weighted by atomic mass is 10.1. The van der Waals surface area contributed by atoms with Gasteiger partial charge in [-0.25, -0.2) is 24.5 Å². The number of carboxylic acids is 1. The maximum atomic E-state index is 12.1. The Balaban J connectivity index is 1.24. The van der Waals surface area contributed by atoms with Gasteiger partial charge < -0.3 is 29.4 Å². The molecule has 0 spiro atoms.